The van der Waals surface area contributed by atoms with Crippen molar-refractivity contribution in [3.63, 3.8) is 0 Å². The van der Waals surface area contributed by atoms with Gasteiger partial charge in [0.05, 0.1) is 0 Å². The normalized spacial score (nSPS) is 11.9. The first kappa shape index (κ1) is 58.4. The van der Waals surface area contributed by atoms with E-state index in [0.717, 1.165) is 63.7 Å². The molecule has 0 unspecified atom stereocenters. The predicted molar refractivity (Wildman–Crippen MR) is 257 cm³/mol. The molecule has 0 rings (SSSR count). The van der Waals surface area contributed by atoms with E-state index in [0.29, 0.717) is 19.3 Å². The van der Waals surface area contributed by atoms with E-state index in [9.17, 15) is 14.4 Å². The monoisotopic (exact) mass is 849 g/mol. The second-order valence-electron chi connectivity index (χ2n) is 19.0. The van der Waals surface area contributed by atoms with Crippen LogP contribution in [0.1, 0.15) is 304 Å². The summed E-state index contributed by atoms with van der Waals surface area (Å²) < 4.78 is 16.8. The number of carbonyl (C=O) groups is 3. The van der Waals surface area contributed by atoms with Crippen LogP contribution in [0.15, 0.2) is 0 Å². The van der Waals surface area contributed by atoms with Gasteiger partial charge < -0.3 is 14.2 Å². The fraction of sp³-hybridized carbons (Fsp3) is 0.944. The van der Waals surface area contributed by atoms with Crippen LogP contribution in [0, 0.1) is 5.92 Å². The van der Waals surface area contributed by atoms with Gasteiger partial charge in [0.15, 0.2) is 6.10 Å². The number of hydrogen-bond acceptors (Lipinski definition) is 6. The predicted octanol–water partition coefficient (Wildman–Crippen LogP) is 17.5. The molecular weight excluding hydrogens is 745 g/mol. The maximum absolute atomic E-state index is 12.8. The Kier molecular flexibility index (Phi) is 47.2. The van der Waals surface area contributed by atoms with Crippen molar-refractivity contribution in [3.05, 3.63) is 0 Å². The smallest absolute Gasteiger partial charge is 0.306 e. The molecule has 0 spiro atoms. The van der Waals surface area contributed by atoms with Gasteiger partial charge in [0, 0.05) is 19.3 Å². The van der Waals surface area contributed by atoms with E-state index < -0.39 is 6.10 Å². The summed E-state index contributed by atoms with van der Waals surface area (Å²) in [5, 5.41) is 0. The Bertz CT molecular complexity index is 903. The summed E-state index contributed by atoms with van der Waals surface area (Å²) in [4.78, 5) is 37.8. The van der Waals surface area contributed by atoms with Crippen LogP contribution in [0.3, 0.4) is 0 Å². The lowest BCUT2D eigenvalue weighted by Gasteiger charge is -2.18. The fourth-order valence-electron chi connectivity index (χ4n) is 8.22. The molecule has 0 aromatic carbocycles. The number of carbonyl (C=O) groups excluding carboxylic acids is 3. The van der Waals surface area contributed by atoms with Gasteiger partial charge in [0.25, 0.3) is 0 Å². The van der Waals surface area contributed by atoms with Gasteiger partial charge in [0.1, 0.15) is 13.2 Å². The van der Waals surface area contributed by atoms with E-state index in [1.165, 1.54) is 199 Å². The largest absolute Gasteiger partial charge is 0.462 e. The molecule has 6 heteroatoms. The fourth-order valence-corrected chi connectivity index (χ4v) is 8.22. The van der Waals surface area contributed by atoms with Gasteiger partial charge >= 0.3 is 17.9 Å². The third kappa shape index (κ3) is 47.5. The first-order valence-corrected chi connectivity index (χ1v) is 26.9. The van der Waals surface area contributed by atoms with Crippen LogP contribution in [0.2, 0.25) is 0 Å². The Morgan fingerprint density at radius 3 is 0.817 bits per heavy atom. The van der Waals surface area contributed by atoms with Gasteiger partial charge in [-0.25, -0.2) is 0 Å². The molecule has 0 bridgehead atoms. The molecule has 0 saturated carbocycles. The van der Waals surface area contributed by atoms with Crippen LogP contribution >= 0.6 is 0 Å². The molecule has 0 N–H and O–H groups in total. The molecule has 0 aliphatic carbocycles. The van der Waals surface area contributed by atoms with Gasteiger partial charge in [0.2, 0.25) is 0 Å². The average Bonchev–Trinajstić information content (AvgIpc) is 3.23. The van der Waals surface area contributed by atoms with E-state index in [2.05, 4.69) is 27.7 Å². The molecule has 6 nitrogen and oxygen atoms in total. The zero-order valence-corrected chi connectivity index (χ0v) is 40.9. The highest BCUT2D eigenvalue weighted by Gasteiger charge is 2.19. The summed E-state index contributed by atoms with van der Waals surface area (Å²) in [5.41, 5.74) is 0. The standard InChI is InChI=1S/C54H104O6/c1-5-7-9-11-13-14-15-16-24-28-31-35-39-43-47-54(57)60-51(48-58-52(55)45-41-37-32-12-10-8-6-2)49-59-53(56)46-42-38-34-30-27-25-22-20-18-17-19-21-23-26-29-33-36-40-44-50(3)4/h50-51H,5-49H2,1-4H3/t51-/m1/s1. The SMILES string of the molecule is CCCCCCCCCCCCCCCCC(=O)O[C@H](COC(=O)CCCCCCCCC)COC(=O)CCCCCCCCCCCCCCCCCCCCC(C)C. The van der Waals surface area contributed by atoms with Gasteiger partial charge in [-0.05, 0) is 25.2 Å². The topological polar surface area (TPSA) is 78.9 Å². The highest BCUT2D eigenvalue weighted by atomic mass is 16.6. The van der Waals surface area contributed by atoms with E-state index >= 15 is 0 Å². The van der Waals surface area contributed by atoms with Crippen molar-refractivity contribution in [2.75, 3.05) is 13.2 Å². The van der Waals surface area contributed by atoms with Crippen molar-refractivity contribution < 1.29 is 28.6 Å². The van der Waals surface area contributed by atoms with Crippen LogP contribution in [0.25, 0.3) is 0 Å². The minimum Gasteiger partial charge on any atom is -0.462 e. The van der Waals surface area contributed by atoms with Crippen molar-refractivity contribution in [1.82, 2.24) is 0 Å². The number of ether oxygens (including phenoxy) is 3. The Morgan fingerprint density at radius 1 is 0.317 bits per heavy atom. The molecule has 60 heavy (non-hydrogen) atoms. The molecule has 0 aromatic rings. The summed E-state index contributed by atoms with van der Waals surface area (Å²) >= 11 is 0. The first-order chi connectivity index (χ1) is 29.4. The summed E-state index contributed by atoms with van der Waals surface area (Å²) in [6, 6.07) is 0. The molecule has 0 heterocycles. The van der Waals surface area contributed by atoms with Crippen molar-refractivity contribution in [3.8, 4) is 0 Å². The summed E-state index contributed by atoms with van der Waals surface area (Å²) in [7, 11) is 0. The maximum atomic E-state index is 12.8. The number of esters is 3. The molecule has 0 fully saturated rings. The van der Waals surface area contributed by atoms with Crippen molar-refractivity contribution >= 4 is 17.9 Å². The molecule has 1 atom stereocenters. The molecule has 0 saturated heterocycles. The lowest BCUT2D eigenvalue weighted by molar-refractivity contribution is -0.167. The maximum Gasteiger partial charge on any atom is 0.306 e. The quantitative estimate of drug-likeness (QED) is 0.0345. The summed E-state index contributed by atoms with van der Waals surface area (Å²) in [6.07, 6.45) is 51.1. The summed E-state index contributed by atoms with van der Waals surface area (Å²) in [6.45, 7) is 9.02. The van der Waals surface area contributed by atoms with Crippen LogP contribution in [0.4, 0.5) is 0 Å². The van der Waals surface area contributed by atoms with Gasteiger partial charge in [-0.2, -0.15) is 0 Å². The minimum absolute atomic E-state index is 0.0628. The molecule has 356 valence electrons. The van der Waals surface area contributed by atoms with Crippen LogP contribution < -0.4 is 0 Å². The third-order valence-electron chi connectivity index (χ3n) is 12.3. The third-order valence-corrected chi connectivity index (χ3v) is 12.3. The Hall–Kier alpha value is -1.59. The Morgan fingerprint density at radius 2 is 0.550 bits per heavy atom. The lowest BCUT2D eigenvalue weighted by atomic mass is 10.0. The van der Waals surface area contributed by atoms with Crippen LogP contribution in [0.5, 0.6) is 0 Å². The van der Waals surface area contributed by atoms with Gasteiger partial charge in [-0.3, -0.25) is 14.4 Å². The van der Waals surface area contributed by atoms with Crippen LogP contribution in [-0.2, 0) is 28.6 Å². The zero-order chi connectivity index (χ0) is 43.8. The van der Waals surface area contributed by atoms with Crippen molar-refractivity contribution in [2.24, 2.45) is 5.92 Å². The van der Waals surface area contributed by atoms with E-state index in [1.807, 2.05) is 0 Å². The Balaban J connectivity index is 4.12. The van der Waals surface area contributed by atoms with Crippen molar-refractivity contribution in [2.45, 2.75) is 310 Å². The highest BCUT2D eigenvalue weighted by molar-refractivity contribution is 5.71. The van der Waals surface area contributed by atoms with Gasteiger partial charge in [-0.15, -0.1) is 0 Å². The lowest BCUT2D eigenvalue weighted by Crippen LogP contribution is -2.30. The first-order valence-electron chi connectivity index (χ1n) is 26.9. The molecule has 0 aliphatic rings. The molecule has 0 radical (unpaired) electrons. The molecule has 0 aromatic heterocycles. The zero-order valence-electron chi connectivity index (χ0n) is 40.9. The molecule has 0 amide bonds. The Labute approximate surface area is 374 Å². The number of unbranched alkanes of at least 4 members (excludes halogenated alkanes) is 36. The second kappa shape index (κ2) is 48.4. The van der Waals surface area contributed by atoms with Crippen molar-refractivity contribution in [1.29, 1.82) is 0 Å². The second-order valence-corrected chi connectivity index (χ2v) is 19.0. The van der Waals surface area contributed by atoms with E-state index in [4.69, 9.17) is 14.2 Å². The number of rotatable bonds is 49. The number of hydrogen-bond donors (Lipinski definition) is 0. The van der Waals surface area contributed by atoms with Crippen LogP contribution in [-0.4, -0.2) is 37.2 Å². The molecular formula is C54H104O6. The van der Waals surface area contributed by atoms with E-state index in [-0.39, 0.29) is 31.1 Å². The summed E-state index contributed by atoms with van der Waals surface area (Å²) in [5.74, 6) is 0.0104. The molecule has 0 aliphatic heterocycles. The minimum atomic E-state index is -0.759. The highest BCUT2D eigenvalue weighted by Crippen LogP contribution is 2.17. The average molecular weight is 849 g/mol. The van der Waals surface area contributed by atoms with E-state index in [1.54, 1.807) is 0 Å². The van der Waals surface area contributed by atoms with Gasteiger partial charge in [-0.1, -0.05) is 265 Å².